The highest BCUT2D eigenvalue weighted by Gasteiger charge is 2.19. The number of unbranched alkanes of at least 4 members (excludes halogenated alkanes) is 22. The largest absolute Gasteiger partial charge is 0.394 e. The fraction of sp³-hybridized carbons (Fsp3) is 0.868. The van der Waals surface area contributed by atoms with Crippen LogP contribution in [0.4, 0.5) is 0 Å². The molecule has 248 valence electrons. The smallest absolute Gasteiger partial charge is 0.220 e. The molecule has 42 heavy (non-hydrogen) atoms. The molecule has 2 unspecified atom stereocenters. The van der Waals surface area contributed by atoms with Crippen LogP contribution in [-0.4, -0.2) is 34.9 Å². The lowest BCUT2D eigenvalue weighted by Gasteiger charge is -2.22. The van der Waals surface area contributed by atoms with Crippen molar-refractivity contribution in [1.82, 2.24) is 5.32 Å². The van der Waals surface area contributed by atoms with Gasteiger partial charge in [0.1, 0.15) is 0 Å². The lowest BCUT2D eigenvalue weighted by molar-refractivity contribution is -0.123. The molecule has 0 aliphatic carbocycles. The van der Waals surface area contributed by atoms with Crippen LogP contribution in [-0.2, 0) is 4.79 Å². The Bertz CT molecular complexity index is 603. The fourth-order valence-corrected chi connectivity index (χ4v) is 5.57. The molecule has 0 aromatic heterocycles. The van der Waals surface area contributed by atoms with Crippen molar-refractivity contribution in [2.45, 2.75) is 206 Å². The molecule has 0 aliphatic heterocycles. The van der Waals surface area contributed by atoms with E-state index in [2.05, 4.69) is 43.5 Å². The van der Waals surface area contributed by atoms with E-state index in [-0.39, 0.29) is 12.5 Å². The molecule has 0 aliphatic rings. The Morgan fingerprint density at radius 1 is 0.571 bits per heavy atom. The zero-order chi connectivity index (χ0) is 30.8. The normalized spacial score (nSPS) is 13.3. The number of nitrogens with one attached hydrogen (secondary N) is 1. The van der Waals surface area contributed by atoms with Crippen molar-refractivity contribution in [3.05, 3.63) is 24.3 Å². The molecule has 0 saturated carbocycles. The van der Waals surface area contributed by atoms with E-state index < -0.39 is 12.1 Å². The van der Waals surface area contributed by atoms with E-state index in [1.807, 2.05) is 0 Å². The van der Waals surface area contributed by atoms with Gasteiger partial charge < -0.3 is 15.5 Å². The summed E-state index contributed by atoms with van der Waals surface area (Å²) in [4.78, 5) is 12.3. The van der Waals surface area contributed by atoms with Gasteiger partial charge in [-0.05, 0) is 44.9 Å². The first-order valence-corrected chi connectivity index (χ1v) is 18.5. The van der Waals surface area contributed by atoms with E-state index in [1.165, 1.54) is 122 Å². The van der Waals surface area contributed by atoms with Crippen LogP contribution in [0, 0.1) is 0 Å². The van der Waals surface area contributed by atoms with Gasteiger partial charge in [0.2, 0.25) is 5.91 Å². The molecule has 1 amide bonds. The highest BCUT2D eigenvalue weighted by Crippen LogP contribution is 2.15. The van der Waals surface area contributed by atoms with Crippen molar-refractivity contribution >= 4 is 5.91 Å². The predicted octanol–water partition coefficient (Wildman–Crippen LogP) is 10.9. The van der Waals surface area contributed by atoms with Crippen molar-refractivity contribution in [3.8, 4) is 0 Å². The van der Waals surface area contributed by atoms with Gasteiger partial charge in [0.25, 0.3) is 0 Å². The second-order valence-corrected chi connectivity index (χ2v) is 12.6. The third-order valence-electron chi connectivity index (χ3n) is 8.47. The topological polar surface area (TPSA) is 69.6 Å². The monoisotopic (exact) mass is 592 g/mol. The summed E-state index contributed by atoms with van der Waals surface area (Å²) in [5.41, 5.74) is 0. The quantitative estimate of drug-likeness (QED) is 0.0525. The molecule has 4 nitrogen and oxygen atoms in total. The van der Waals surface area contributed by atoms with E-state index in [0.29, 0.717) is 12.8 Å². The van der Waals surface area contributed by atoms with Crippen molar-refractivity contribution in [3.63, 3.8) is 0 Å². The standard InChI is InChI=1S/C38H73NO3/c1-3-5-7-9-11-13-15-17-19-21-23-25-27-29-31-33-37(41)36(35-40)39-38(42)34-32-30-28-26-24-22-20-18-16-14-12-10-8-6-4-2/h12,14,18,20,36-37,40-41H,3-11,13,15-17,19,21-35H2,1-2H3,(H,39,42)/b14-12-,20-18-. The van der Waals surface area contributed by atoms with Gasteiger partial charge in [-0.3, -0.25) is 4.79 Å². The molecular formula is C38H73NO3. The van der Waals surface area contributed by atoms with Gasteiger partial charge in [-0.15, -0.1) is 0 Å². The van der Waals surface area contributed by atoms with E-state index in [9.17, 15) is 15.0 Å². The maximum Gasteiger partial charge on any atom is 0.220 e. The average molecular weight is 592 g/mol. The molecule has 0 aromatic carbocycles. The zero-order valence-corrected chi connectivity index (χ0v) is 28.3. The van der Waals surface area contributed by atoms with Gasteiger partial charge >= 0.3 is 0 Å². The molecule has 2 atom stereocenters. The minimum atomic E-state index is -0.662. The van der Waals surface area contributed by atoms with Crippen molar-refractivity contribution in [2.24, 2.45) is 0 Å². The molecule has 0 aromatic rings. The van der Waals surface area contributed by atoms with Gasteiger partial charge in [0.05, 0.1) is 18.8 Å². The van der Waals surface area contributed by atoms with E-state index >= 15 is 0 Å². The highest BCUT2D eigenvalue weighted by atomic mass is 16.3. The van der Waals surface area contributed by atoms with Gasteiger partial charge in [-0.1, -0.05) is 167 Å². The Labute approximate surface area is 262 Å². The molecular weight excluding hydrogens is 518 g/mol. The molecule has 4 heteroatoms. The SMILES string of the molecule is CCCCC/C=C\C/C=C\CCCCCCCC(=O)NC(CO)C(O)CCCCCCCCCCCCCCCCC. The second-order valence-electron chi connectivity index (χ2n) is 12.6. The van der Waals surface area contributed by atoms with Crippen molar-refractivity contribution < 1.29 is 15.0 Å². The first-order chi connectivity index (χ1) is 20.7. The summed E-state index contributed by atoms with van der Waals surface area (Å²) < 4.78 is 0. The summed E-state index contributed by atoms with van der Waals surface area (Å²) in [6.07, 6.45) is 42.2. The number of aliphatic hydroxyl groups is 2. The lowest BCUT2D eigenvalue weighted by Crippen LogP contribution is -2.45. The van der Waals surface area contributed by atoms with Gasteiger partial charge in [-0.25, -0.2) is 0 Å². The third-order valence-corrected chi connectivity index (χ3v) is 8.47. The third kappa shape index (κ3) is 30.3. The Morgan fingerprint density at radius 2 is 0.976 bits per heavy atom. The van der Waals surface area contributed by atoms with Gasteiger partial charge in [-0.2, -0.15) is 0 Å². The van der Waals surface area contributed by atoms with E-state index in [1.54, 1.807) is 0 Å². The van der Waals surface area contributed by atoms with Crippen LogP contribution < -0.4 is 5.32 Å². The lowest BCUT2D eigenvalue weighted by atomic mass is 10.0. The van der Waals surface area contributed by atoms with Crippen LogP contribution in [0.25, 0.3) is 0 Å². The molecule has 0 radical (unpaired) electrons. The van der Waals surface area contributed by atoms with Crippen LogP contribution >= 0.6 is 0 Å². The number of carbonyl (C=O) groups excluding carboxylic acids is 1. The summed E-state index contributed by atoms with van der Waals surface area (Å²) in [7, 11) is 0. The molecule has 3 N–H and O–H groups in total. The average Bonchev–Trinajstić information content (AvgIpc) is 2.99. The number of hydrogen-bond donors (Lipinski definition) is 3. The summed E-state index contributed by atoms with van der Waals surface area (Å²) in [6.45, 7) is 4.32. The van der Waals surface area contributed by atoms with Crippen LogP contribution in [0.2, 0.25) is 0 Å². The van der Waals surface area contributed by atoms with Crippen LogP contribution in [0.5, 0.6) is 0 Å². The van der Waals surface area contributed by atoms with Gasteiger partial charge in [0.15, 0.2) is 0 Å². The number of aliphatic hydroxyl groups excluding tert-OH is 2. The summed E-state index contributed by atoms with van der Waals surface area (Å²) in [6, 6.07) is -0.540. The zero-order valence-electron chi connectivity index (χ0n) is 28.3. The maximum atomic E-state index is 12.3. The molecule has 0 fully saturated rings. The molecule has 0 rings (SSSR count). The summed E-state index contributed by atoms with van der Waals surface area (Å²) in [5, 5.41) is 23.0. The minimum Gasteiger partial charge on any atom is -0.394 e. The van der Waals surface area contributed by atoms with Gasteiger partial charge in [0, 0.05) is 6.42 Å². The maximum absolute atomic E-state index is 12.3. The number of hydrogen-bond acceptors (Lipinski definition) is 3. The Hall–Kier alpha value is -1.13. The minimum absolute atomic E-state index is 0.0460. The summed E-state index contributed by atoms with van der Waals surface area (Å²) in [5.74, 6) is -0.0460. The predicted molar refractivity (Wildman–Crippen MR) is 184 cm³/mol. The molecule has 0 saturated heterocycles. The van der Waals surface area contributed by atoms with Crippen LogP contribution in [0.1, 0.15) is 194 Å². The number of rotatable bonds is 33. The fourth-order valence-electron chi connectivity index (χ4n) is 5.57. The first kappa shape index (κ1) is 40.9. The van der Waals surface area contributed by atoms with Crippen LogP contribution in [0.3, 0.4) is 0 Å². The Balaban J connectivity index is 3.59. The molecule has 0 heterocycles. The Kier molecular flexibility index (Phi) is 33.4. The van der Waals surface area contributed by atoms with Crippen molar-refractivity contribution in [2.75, 3.05) is 6.61 Å². The number of amides is 1. The highest BCUT2D eigenvalue weighted by molar-refractivity contribution is 5.76. The van der Waals surface area contributed by atoms with Crippen LogP contribution in [0.15, 0.2) is 24.3 Å². The second kappa shape index (κ2) is 34.4. The van der Waals surface area contributed by atoms with E-state index in [4.69, 9.17) is 0 Å². The first-order valence-electron chi connectivity index (χ1n) is 18.5. The number of carbonyl (C=O) groups is 1. The molecule has 0 bridgehead atoms. The molecule has 0 spiro atoms. The summed E-state index contributed by atoms with van der Waals surface area (Å²) >= 11 is 0. The number of allylic oxidation sites excluding steroid dienone is 4. The Morgan fingerprint density at radius 3 is 1.48 bits per heavy atom. The van der Waals surface area contributed by atoms with E-state index in [0.717, 1.165) is 44.9 Å². The van der Waals surface area contributed by atoms with Crippen molar-refractivity contribution in [1.29, 1.82) is 0 Å².